The van der Waals surface area contributed by atoms with Gasteiger partial charge in [0.15, 0.2) is 0 Å². The number of hydrogen-bond donors (Lipinski definition) is 0. The molecule has 0 bridgehead atoms. The van der Waals surface area contributed by atoms with Crippen LogP contribution in [0.1, 0.15) is 20.3 Å². The van der Waals surface area contributed by atoms with E-state index in [1.165, 1.54) is 15.6 Å². The van der Waals surface area contributed by atoms with Gasteiger partial charge in [-0.1, -0.05) is 117 Å². The lowest BCUT2D eigenvalue weighted by Gasteiger charge is -2.35. The molecule has 135 valence electrons. The summed E-state index contributed by atoms with van der Waals surface area (Å²) in [5.74, 6) is 0. The Hall–Kier alpha value is -2.42. The predicted octanol–water partition coefficient (Wildman–Crippen LogP) is 4.19. The van der Waals surface area contributed by atoms with Crippen molar-refractivity contribution < 1.29 is 4.43 Å². The summed E-state index contributed by atoms with van der Waals surface area (Å²) in [6.07, 6.45) is 6.47. The monoisotopic (exact) mass is 369 g/mol. The van der Waals surface area contributed by atoms with Crippen LogP contribution in [0.4, 0.5) is 0 Å². The molecule has 1 nitrogen and oxygen atoms in total. The van der Waals surface area contributed by atoms with Crippen LogP contribution in [0.5, 0.6) is 0 Å². The first-order valence-corrected chi connectivity index (χ1v) is 11.4. The molecular weight excluding hydrogens is 344 g/mol. The highest BCUT2D eigenvalue weighted by atomic mass is 28.4. The van der Waals surface area contributed by atoms with Gasteiger partial charge in [-0.05, 0) is 27.4 Å². The van der Waals surface area contributed by atoms with Gasteiger partial charge in [0.1, 0.15) is 6.10 Å². The van der Waals surface area contributed by atoms with Crippen molar-refractivity contribution in [1.82, 2.24) is 0 Å². The second kappa shape index (κ2) is 7.30. The molecule has 4 rings (SSSR count). The highest BCUT2D eigenvalue weighted by molar-refractivity contribution is 7.07. The summed E-state index contributed by atoms with van der Waals surface area (Å²) in [5.41, 5.74) is 0.152. The average Bonchev–Trinajstić information content (AvgIpc) is 3.06. The Bertz CT molecular complexity index is 804. The standard InChI is InChI=1S/C25H25OSi/c1-25(2)19-18-21(20-25)26-27(22-12-6-3-7-13-22,23-14-8-4-9-15-23)24-16-10-5-11-17-24/h3-19H,20H2,1-2H3. The van der Waals surface area contributed by atoms with E-state index in [1.807, 2.05) is 0 Å². The van der Waals surface area contributed by atoms with Crippen LogP contribution in [0.2, 0.25) is 0 Å². The van der Waals surface area contributed by atoms with Crippen LogP contribution < -0.4 is 15.6 Å². The Kier molecular flexibility index (Phi) is 4.86. The second-order valence-corrected chi connectivity index (χ2v) is 11.1. The Morgan fingerprint density at radius 1 is 0.667 bits per heavy atom. The van der Waals surface area contributed by atoms with E-state index in [2.05, 4.69) is 117 Å². The van der Waals surface area contributed by atoms with Crippen LogP contribution in [0.3, 0.4) is 0 Å². The molecule has 0 unspecified atom stereocenters. The summed E-state index contributed by atoms with van der Waals surface area (Å²) < 4.78 is 7.06. The van der Waals surface area contributed by atoms with Gasteiger partial charge in [0.05, 0.1) is 0 Å². The molecule has 3 aromatic carbocycles. The van der Waals surface area contributed by atoms with E-state index in [9.17, 15) is 0 Å². The molecule has 0 saturated carbocycles. The lowest BCUT2D eigenvalue weighted by molar-refractivity contribution is 0.311. The summed E-state index contributed by atoms with van der Waals surface area (Å²) in [5, 5.41) is 3.81. The highest BCUT2D eigenvalue weighted by Gasteiger charge is 2.45. The Balaban J connectivity index is 1.91. The third-order valence-electron chi connectivity index (χ3n) is 5.18. The summed E-state index contributed by atoms with van der Waals surface area (Å²) in [7, 11) is -2.64. The molecule has 0 fully saturated rings. The molecule has 0 spiro atoms. The molecule has 0 aromatic heterocycles. The van der Waals surface area contributed by atoms with Crippen molar-refractivity contribution in [2.75, 3.05) is 0 Å². The third kappa shape index (κ3) is 3.55. The summed E-state index contributed by atoms with van der Waals surface area (Å²) in [4.78, 5) is 0. The van der Waals surface area contributed by atoms with Crippen molar-refractivity contribution in [3.05, 3.63) is 109 Å². The van der Waals surface area contributed by atoms with Crippen molar-refractivity contribution in [3.8, 4) is 0 Å². The zero-order valence-electron chi connectivity index (χ0n) is 15.9. The van der Waals surface area contributed by atoms with E-state index in [-0.39, 0.29) is 5.41 Å². The van der Waals surface area contributed by atoms with Crippen LogP contribution in [0.15, 0.2) is 103 Å². The smallest absolute Gasteiger partial charge is 0.289 e. The fourth-order valence-electron chi connectivity index (χ4n) is 3.85. The van der Waals surface area contributed by atoms with Gasteiger partial charge in [-0.25, -0.2) is 0 Å². The van der Waals surface area contributed by atoms with Crippen molar-refractivity contribution in [2.45, 2.75) is 20.3 Å². The number of rotatable bonds is 5. The van der Waals surface area contributed by atoms with Crippen LogP contribution in [-0.4, -0.2) is 8.32 Å². The predicted molar refractivity (Wildman–Crippen MR) is 116 cm³/mol. The van der Waals surface area contributed by atoms with Crippen molar-refractivity contribution in [2.24, 2.45) is 5.41 Å². The zero-order valence-corrected chi connectivity index (χ0v) is 16.9. The Labute approximate surface area is 163 Å². The molecule has 1 radical (unpaired) electrons. The van der Waals surface area contributed by atoms with E-state index in [1.54, 1.807) is 0 Å². The van der Waals surface area contributed by atoms with E-state index < -0.39 is 8.32 Å². The van der Waals surface area contributed by atoms with E-state index in [0.717, 1.165) is 12.5 Å². The maximum absolute atomic E-state index is 7.06. The lowest BCUT2D eigenvalue weighted by Crippen LogP contribution is -2.69. The third-order valence-corrected chi connectivity index (χ3v) is 9.18. The average molecular weight is 370 g/mol. The molecular formula is C25H25OSi. The van der Waals surface area contributed by atoms with E-state index >= 15 is 0 Å². The quantitative estimate of drug-likeness (QED) is 0.484. The Morgan fingerprint density at radius 2 is 1.07 bits per heavy atom. The first-order chi connectivity index (χ1) is 13.1. The van der Waals surface area contributed by atoms with Gasteiger partial charge in [0.25, 0.3) is 8.32 Å². The van der Waals surface area contributed by atoms with Gasteiger partial charge in [0, 0.05) is 0 Å². The van der Waals surface area contributed by atoms with Crippen LogP contribution in [0, 0.1) is 11.5 Å². The topological polar surface area (TPSA) is 9.23 Å². The molecule has 2 heteroatoms. The molecule has 1 aliphatic carbocycles. The van der Waals surface area contributed by atoms with Gasteiger partial charge in [-0.2, -0.15) is 0 Å². The minimum absolute atomic E-state index is 0.152. The Morgan fingerprint density at radius 3 is 1.41 bits per heavy atom. The number of hydrogen-bond acceptors (Lipinski definition) is 1. The normalized spacial score (nSPS) is 16.5. The molecule has 0 atom stereocenters. The summed E-state index contributed by atoms with van der Waals surface area (Å²) >= 11 is 0. The van der Waals surface area contributed by atoms with Crippen molar-refractivity contribution >= 4 is 23.9 Å². The maximum Gasteiger partial charge on any atom is 0.289 e. The fourth-order valence-corrected chi connectivity index (χ4v) is 7.72. The fraction of sp³-hybridized carbons (Fsp3) is 0.160. The largest absolute Gasteiger partial charge is 0.392 e. The lowest BCUT2D eigenvalue weighted by atomic mass is 9.93. The van der Waals surface area contributed by atoms with Crippen LogP contribution in [-0.2, 0) is 4.43 Å². The van der Waals surface area contributed by atoms with E-state index in [0.29, 0.717) is 0 Å². The minimum Gasteiger partial charge on any atom is -0.392 e. The first-order valence-electron chi connectivity index (χ1n) is 9.51. The molecule has 0 N–H and O–H groups in total. The van der Waals surface area contributed by atoms with Gasteiger partial charge in [-0.3, -0.25) is 0 Å². The van der Waals surface area contributed by atoms with Crippen LogP contribution in [0.25, 0.3) is 0 Å². The SMILES string of the molecule is CC1(C)C=C[C](O[Si](c2ccccc2)(c2ccccc2)c2ccccc2)C1. The van der Waals surface area contributed by atoms with Crippen LogP contribution >= 0.6 is 0 Å². The second-order valence-electron chi connectivity index (χ2n) is 7.85. The number of allylic oxidation sites excluding steroid dienone is 1. The molecule has 0 saturated heterocycles. The summed E-state index contributed by atoms with van der Waals surface area (Å²) in [6, 6.07) is 32.2. The first kappa shape index (κ1) is 18.0. The van der Waals surface area contributed by atoms with Crippen molar-refractivity contribution in [1.29, 1.82) is 0 Å². The molecule has 1 aliphatic rings. The number of benzene rings is 3. The van der Waals surface area contributed by atoms with Crippen molar-refractivity contribution in [3.63, 3.8) is 0 Å². The van der Waals surface area contributed by atoms with Gasteiger partial charge < -0.3 is 4.43 Å². The van der Waals surface area contributed by atoms with Gasteiger partial charge >= 0.3 is 0 Å². The molecule has 27 heavy (non-hydrogen) atoms. The molecule has 0 heterocycles. The molecule has 0 aliphatic heterocycles. The zero-order chi connectivity index (χ0) is 18.7. The summed E-state index contributed by atoms with van der Waals surface area (Å²) in [6.45, 7) is 4.52. The van der Waals surface area contributed by atoms with Gasteiger partial charge in [0.2, 0.25) is 0 Å². The van der Waals surface area contributed by atoms with E-state index in [4.69, 9.17) is 4.43 Å². The maximum atomic E-state index is 7.06. The highest BCUT2D eigenvalue weighted by Crippen LogP contribution is 2.37. The minimum atomic E-state index is -2.64. The molecule has 3 aromatic rings. The van der Waals surface area contributed by atoms with Gasteiger partial charge in [-0.15, -0.1) is 0 Å². The molecule has 0 amide bonds.